The molecule has 1 heterocycles. The summed E-state index contributed by atoms with van der Waals surface area (Å²) in [6.45, 7) is 4.21. The smallest absolute Gasteiger partial charge is 0.0701 e. The monoisotopic (exact) mass is 323 g/mol. The van der Waals surface area contributed by atoms with Gasteiger partial charge in [0.05, 0.1) is 3.79 Å². The van der Waals surface area contributed by atoms with Gasteiger partial charge in [-0.1, -0.05) is 31.2 Å². The molecule has 0 radical (unpaired) electrons. The van der Waals surface area contributed by atoms with Crippen molar-refractivity contribution in [3.63, 3.8) is 0 Å². The lowest BCUT2D eigenvalue weighted by Gasteiger charge is -2.08. The molecular formula is C15H18BrNS. The quantitative estimate of drug-likeness (QED) is 0.776. The Bertz CT molecular complexity index is 493. The third kappa shape index (κ3) is 3.94. The summed E-state index contributed by atoms with van der Waals surface area (Å²) in [5.74, 6) is 0. The maximum absolute atomic E-state index is 3.53. The first kappa shape index (κ1) is 13.8. The highest BCUT2D eigenvalue weighted by molar-refractivity contribution is 9.11. The minimum Gasteiger partial charge on any atom is -0.312 e. The molecule has 0 bridgehead atoms. The van der Waals surface area contributed by atoms with Gasteiger partial charge in [0, 0.05) is 18.0 Å². The molecule has 2 aromatic rings. The number of nitrogens with one attached hydrogen (secondary N) is 1. The maximum Gasteiger partial charge on any atom is 0.0701 e. The van der Waals surface area contributed by atoms with E-state index in [0.717, 1.165) is 25.9 Å². The van der Waals surface area contributed by atoms with Gasteiger partial charge in [-0.3, -0.25) is 0 Å². The zero-order chi connectivity index (χ0) is 12.8. The van der Waals surface area contributed by atoms with Crippen LogP contribution in [-0.2, 0) is 19.4 Å². The van der Waals surface area contributed by atoms with Gasteiger partial charge in [-0.05, 0) is 52.0 Å². The van der Waals surface area contributed by atoms with E-state index < -0.39 is 0 Å². The Kier molecular flexibility index (Phi) is 5.42. The molecule has 1 aromatic heterocycles. The molecule has 0 amide bonds. The highest BCUT2D eigenvalue weighted by atomic mass is 79.9. The standard InChI is InChI=1S/C15H18BrNS/c1-2-12-5-3-4-6-13(12)11-17-10-9-14-7-8-15(16)18-14/h3-8,17H,2,9-11H2,1H3. The molecule has 3 heteroatoms. The SMILES string of the molecule is CCc1ccccc1CNCCc1ccc(Br)s1. The topological polar surface area (TPSA) is 12.0 Å². The average molecular weight is 324 g/mol. The van der Waals surface area contributed by atoms with Gasteiger partial charge < -0.3 is 5.32 Å². The van der Waals surface area contributed by atoms with Crippen molar-refractivity contribution in [1.82, 2.24) is 5.32 Å². The highest BCUT2D eigenvalue weighted by Gasteiger charge is 2.00. The Hall–Kier alpha value is -0.640. The first-order chi connectivity index (χ1) is 8.79. The van der Waals surface area contributed by atoms with E-state index >= 15 is 0 Å². The summed E-state index contributed by atoms with van der Waals surface area (Å²) >= 11 is 5.31. The van der Waals surface area contributed by atoms with E-state index in [1.54, 1.807) is 0 Å². The van der Waals surface area contributed by atoms with Gasteiger partial charge in [-0.2, -0.15) is 0 Å². The van der Waals surface area contributed by atoms with Crippen molar-refractivity contribution in [1.29, 1.82) is 0 Å². The molecule has 0 saturated heterocycles. The fraction of sp³-hybridized carbons (Fsp3) is 0.333. The van der Waals surface area contributed by atoms with Crippen LogP contribution in [0, 0.1) is 0 Å². The predicted octanol–water partition coefficient (Wildman–Crippen LogP) is 4.41. The molecule has 0 spiro atoms. The second-order valence-electron chi connectivity index (χ2n) is 4.25. The fourth-order valence-corrected chi connectivity index (χ4v) is 3.48. The van der Waals surface area contributed by atoms with Crippen LogP contribution in [0.15, 0.2) is 40.2 Å². The van der Waals surface area contributed by atoms with E-state index in [9.17, 15) is 0 Å². The van der Waals surface area contributed by atoms with Crippen molar-refractivity contribution in [3.05, 3.63) is 56.2 Å². The summed E-state index contributed by atoms with van der Waals surface area (Å²) in [5.41, 5.74) is 2.87. The molecule has 0 aliphatic rings. The Morgan fingerprint density at radius 2 is 1.89 bits per heavy atom. The number of aryl methyl sites for hydroxylation is 1. The van der Waals surface area contributed by atoms with Crippen LogP contribution in [-0.4, -0.2) is 6.54 Å². The molecule has 96 valence electrons. The molecule has 0 aliphatic carbocycles. The van der Waals surface area contributed by atoms with Crippen molar-refractivity contribution in [2.24, 2.45) is 0 Å². The Morgan fingerprint density at radius 3 is 2.56 bits per heavy atom. The fourth-order valence-electron chi connectivity index (χ4n) is 2.00. The summed E-state index contributed by atoms with van der Waals surface area (Å²) in [6, 6.07) is 13.0. The van der Waals surface area contributed by atoms with Crippen LogP contribution >= 0.6 is 27.3 Å². The molecule has 0 saturated carbocycles. The number of halogens is 1. The lowest BCUT2D eigenvalue weighted by molar-refractivity contribution is 0.686. The Labute approximate surface area is 121 Å². The van der Waals surface area contributed by atoms with Gasteiger partial charge in [0.15, 0.2) is 0 Å². The minimum absolute atomic E-state index is 0.969. The first-order valence-corrected chi connectivity index (χ1v) is 7.92. The third-order valence-corrected chi connectivity index (χ3v) is 4.68. The van der Waals surface area contributed by atoms with Gasteiger partial charge in [0.1, 0.15) is 0 Å². The van der Waals surface area contributed by atoms with Crippen LogP contribution in [0.2, 0.25) is 0 Å². The maximum atomic E-state index is 3.53. The van der Waals surface area contributed by atoms with Crippen molar-refractivity contribution in [3.8, 4) is 0 Å². The van der Waals surface area contributed by atoms with Gasteiger partial charge >= 0.3 is 0 Å². The molecule has 2 rings (SSSR count). The molecule has 1 aromatic carbocycles. The van der Waals surface area contributed by atoms with Crippen LogP contribution in [0.5, 0.6) is 0 Å². The van der Waals surface area contributed by atoms with Crippen molar-refractivity contribution in [2.45, 2.75) is 26.3 Å². The molecule has 0 fully saturated rings. The molecule has 0 unspecified atom stereocenters. The van der Waals surface area contributed by atoms with Crippen LogP contribution in [0.4, 0.5) is 0 Å². The second-order valence-corrected chi connectivity index (χ2v) is 6.80. The highest BCUT2D eigenvalue weighted by Crippen LogP contribution is 2.22. The second kappa shape index (κ2) is 7.07. The van der Waals surface area contributed by atoms with Crippen LogP contribution in [0.25, 0.3) is 0 Å². The molecule has 1 nitrogen and oxygen atoms in total. The van der Waals surface area contributed by atoms with Crippen molar-refractivity contribution in [2.75, 3.05) is 6.54 Å². The van der Waals surface area contributed by atoms with Gasteiger partial charge in [-0.15, -0.1) is 11.3 Å². The predicted molar refractivity (Wildman–Crippen MR) is 83.2 cm³/mol. The van der Waals surface area contributed by atoms with Gasteiger partial charge in [0.25, 0.3) is 0 Å². The number of hydrogen-bond donors (Lipinski definition) is 1. The van der Waals surface area contributed by atoms with Crippen molar-refractivity contribution >= 4 is 27.3 Å². The van der Waals surface area contributed by atoms with Gasteiger partial charge in [0.2, 0.25) is 0 Å². The zero-order valence-electron chi connectivity index (χ0n) is 10.6. The lowest BCUT2D eigenvalue weighted by Crippen LogP contribution is -2.17. The molecule has 18 heavy (non-hydrogen) atoms. The summed E-state index contributed by atoms with van der Waals surface area (Å²) in [6.07, 6.45) is 2.21. The average Bonchev–Trinajstić information content (AvgIpc) is 2.81. The van der Waals surface area contributed by atoms with E-state index in [4.69, 9.17) is 0 Å². The number of benzene rings is 1. The van der Waals surface area contributed by atoms with Gasteiger partial charge in [-0.25, -0.2) is 0 Å². The minimum atomic E-state index is 0.969. The summed E-state index contributed by atoms with van der Waals surface area (Å²) in [7, 11) is 0. The van der Waals surface area contributed by atoms with E-state index in [1.165, 1.54) is 19.8 Å². The van der Waals surface area contributed by atoms with Crippen molar-refractivity contribution < 1.29 is 0 Å². The van der Waals surface area contributed by atoms with E-state index in [0.29, 0.717) is 0 Å². The lowest BCUT2D eigenvalue weighted by atomic mass is 10.1. The van der Waals surface area contributed by atoms with E-state index in [1.807, 2.05) is 11.3 Å². The number of thiophene rings is 1. The molecule has 1 N–H and O–H groups in total. The third-order valence-electron chi connectivity index (χ3n) is 2.99. The molecular weight excluding hydrogens is 306 g/mol. The zero-order valence-corrected chi connectivity index (χ0v) is 13.0. The first-order valence-electron chi connectivity index (χ1n) is 6.31. The van der Waals surface area contributed by atoms with Crippen LogP contribution in [0.3, 0.4) is 0 Å². The summed E-state index contributed by atoms with van der Waals surface area (Å²) < 4.78 is 1.22. The molecule has 0 atom stereocenters. The van der Waals surface area contributed by atoms with Crippen LogP contribution < -0.4 is 5.32 Å². The van der Waals surface area contributed by atoms with E-state index in [2.05, 4.69) is 64.6 Å². The normalized spacial score (nSPS) is 10.8. The molecule has 0 aliphatic heterocycles. The van der Waals surface area contributed by atoms with E-state index in [-0.39, 0.29) is 0 Å². The summed E-state index contributed by atoms with van der Waals surface area (Å²) in [4.78, 5) is 1.43. The summed E-state index contributed by atoms with van der Waals surface area (Å²) in [5, 5.41) is 3.53. The Balaban J connectivity index is 1.78. The Morgan fingerprint density at radius 1 is 1.11 bits per heavy atom. The number of hydrogen-bond acceptors (Lipinski definition) is 2. The number of rotatable bonds is 6. The van der Waals surface area contributed by atoms with Crippen LogP contribution in [0.1, 0.15) is 22.9 Å². The largest absolute Gasteiger partial charge is 0.312 e.